The maximum absolute atomic E-state index is 13.6. The first kappa shape index (κ1) is 22.7. The monoisotopic (exact) mass is 464 g/mol. The van der Waals surface area contributed by atoms with Crippen molar-refractivity contribution in [3.05, 3.63) is 83.4 Å². The van der Waals surface area contributed by atoms with Gasteiger partial charge in [-0.2, -0.15) is 0 Å². The van der Waals surface area contributed by atoms with Crippen molar-refractivity contribution in [1.29, 1.82) is 0 Å². The van der Waals surface area contributed by atoms with E-state index in [0.717, 1.165) is 5.56 Å². The predicted molar refractivity (Wildman–Crippen MR) is 129 cm³/mol. The lowest BCUT2D eigenvalue weighted by Crippen LogP contribution is -2.37. The minimum absolute atomic E-state index is 0.108. The molecule has 6 nitrogen and oxygen atoms in total. The molecule has 0 radical (unpaired) electrons. The van der Waals surface area contributed by atoms with Crippen LogP contribution in [0.3, 0.4) is 0 Å². The summed E-state index contributed by atoms with van der Waals surface area (Å²) in [5.41, 5.74) is 2.29. The summed E-state index contributed by atoms with van der Waals surface area (Å²) in [6, 6.07) is 21.4. The summed E-state index contributed by atoms with van der Waals surface area (Å²) in [5, 5.41) is 0.595. The molecule has 1 saturated heterocycles. The molecule has 7 heteroatoms. The van der Waals surface area contributed by atoms with E-state index in [2.05, 4.69) is 0 Å². The van der Waals surface area contributed by atoms with Crippen LogP contribution in [0, 0.1) is 5.92 Å². The fourth-order valence-corrected chi connectivity index (χ4v) is 4.35. The molecule has 1 aliphatic heterocycles. The van der Waals surface area contributed by atoms with E-state index in [9.17, 15) is 9.59 Å². The minimum Gasteiger partial charge on any atom is -0.497 e. The van der Waals surface area contributed by atoms with Gasteiger partial charge in [-0.25, -0.2) is 0 Å². The first-order valence-corrected chi connectivity index (χ1v) is 10.9. The molecule has 0 aliphatic carbocycles. The van der Waals surface area contributed by atoms with Gasteiger partial charge < -0.3 is 19.3 Å². The number of benzene rings is 3. The van der Waals surface area contributed by atoms with Crippen LogP contribution in [-0.4, -0.2) is 33.1 Å². The number of halogens is 1. The molecule has 170 valence electrons. The Balaban J connectivity index is 1.73. The van der Waals surface area contributed by atoms with Gasteiger partial charge in [0.15, 0.2) is 0 Å². The van der Waals surface area contributed by atoms with Crippen LogP contribution < -0.4 is 19.3 Å². The van der Waals surface area contributed by atoms with Crippen molar-refractivity contribution >= 4 is 34.8 Å². The number of nitrogens with zero attached hydrogens (tertiary/aromatic N) is 2. The molecule has 0 bridgehead atoms. The SMILES string of the molecule is COc1ccc([C@@H]2[C@H](C(=O)N(C)c3ccc(Cl)cc3)CC(=O)N2c2ccc(OC)cc2)cc1. The van der Waals surface area contributed by atoms with Crippen LogP contribution in [0.25, 0.3) is 0 Å². The fraction of sp³-hybridized carbons (Fsp3) is 0.231. The molecule has 3 aromatic carbocycles. The number of amides is 2. The highest BCUT2D eigenvalue weighted by atomic mass is 35.5. The molecule has 4 rings (SSSR count). The zero-order chi connectivity index (χ0) is 23.5. The van der Waals surface area contributed by atoms with E-state index >= 15 is 0 Å². The summed E-state index contributed by atoms with van der Waals surface area (Å²) in [6.07, 6.45) is 0.111. The number of hydrogen-bond acceptors (Lipinski definition) is 4. The van der Waals surface area contributed by atoms with E-state index in [1.54, 1.807) is 55.3 Å². The molecule has 0 saturated carbocycles. The number of ether oxygens (including phenoxy) is 2. The van der Waals surface area contributed by atoms with Crippen molar-refractivity contribution in [2.75, 3.05) is 31.1 Å². The van der Waals surface area contributed by atoms with E-state index in [1.807, 2.05) is 48.5 Å². The second kappa shape index (κ2) is 9.55. The van der Waals surface area contributed by atoms with Crippen LogP contribution >= 0.6 is 11.6 Å². The van der Waals surface area contributed by atoms with Crippen LogP contribution in [0.5, 0.6) is 11.5 Å². The summed E-state index contributed by atoms with van der Waals surface area (Å²) >= 11 is 6.00. The highest BCUT2D eigenvalue weighted by Gasteiger charge is 2.46. The van der Waals surface area contributed by atoms with Gasteiger partial charge in [-0.15, -0.1) is 0 Å². The maximum atomic E-state index is 13.6. The van der Waals surface area contributed by atoms with Crippen molar-refractivity contribution in [3.63, 3.8) is 0 Å². The Bertz CT molecular complexity index is 1130. The van der Waals surface area contributed by atoms with Gasteiger partial charge in [0, 0.05) is 29.9 Å². The minimum atomic E-state index is -0.561. The molecule has 2 amide bonds. The molecule has 1 heterocycles. The van der Waals surface area contributed by atoms with Gasteiger partial charge in [0.25, 0.3) is 0 Å². The molecular weight excluding hydrogens is 440 g/mol. The largest absolute Gasteiger partial charge is 0.497 e. The normalized spacial score (nSPS) is 17.7. The number of methoxy groups -OCH3 is 2. The third-order valence-electron chi connectivity index (χ3n) is 5.99. The van der Waals surface area contributed by atoms with Crippen molar-refractivity contribution in [2.45, 2.75) is 12.5 Å². The number of hydrogen-bond donors (Lipinski definition) is 0. The Morgan fingerprint density at radius 1 is 0.909 bits per heavy atom. The summed E-state index contributed by atoms with van der Waals surface area (Å²) in [7, 11) is 4.92. The van der Waals surface area contributed by atoms with Crippen LogP contribution in [0.15, 0.2) is 72.8 Å². The molecule has 0 aromatic heterocycles. The van der Waals surface area contributed by atoms with Crippen molar-refractivity contribution in [3.8, 4) is 11.5 Å². The number of anilines is 2. The molecule has 3 aromatic rings. The van der Waals surface area contributed by atoms with E-state index in [4.69, 9.17) is 21.1 Å². The maximum Gasteiger partial charge on any atom is 0.232 e. The Hall–Kier alpha value is -3.51. The topological polar surface area (TPSA) is 59.1 Å². The van der Waals surface area contributed by atoms with Gasteiger partial charge in [-0.3, -0.25) is 9.59 Å². The lowest BCUT2D eigenvalue weighted by atomic mass is 9.92. The highest BCUT2D eigenvalue weighted by Crippen LogP contribution is 2.43. The van der Waals surface area contributed by atoms with Crippen molar-refractivity contribution in [1.82, 2.24) is 0 Å². The Labute approximate surface area is 198 Å². The Kier molecular flexibility index (Phi) is 6.56. The second-order valence-corrected chi connectivity index (χ2v) is 8.30. The van der Waals surface area contributed by atoms with Crippen molar-refractivity contribution < 1.29 is 19.1 Å². The van der Waals surface area contributed by atoms with Crippen molar-refractivity contribution in [2.24, 2.45) is 5.92 Å². The van der Waals surface area contributed by atoms with E-state index in [0.29, 0.717) is 27.9 Å². The van der Waals surface area contributed by atoms with Gasteiger partial charge in [0.05, 0.1) is 26.2 Å². The molecule has 0 N–H and O–H groups in total. The van der Waals surface area contributed by atoms with Crippen LogP contribution in [0.1, 0.15) is 18.0 Å². The third kappa shape index (κ3) is 4.52. The van der Waals surface area contributed by atoms with Gasteiger partial charge in [0.1, 0.15) is 11.5 Å². The number of rotatable bonds is 6. The molecular formula is C26H25ClN2O4. The first-order valence-electron chi connectivity index (χ1n) is 10.6. The third-order valence-corrected chi connectivity index (χ3v) is 6.24. The quantitative estimate of drug-likeness (QED) is 0.508. The molecule has 33 heavy (non-hydrogen) atoms. The highest BCUT2D eigenvalue weighted by molar-refractivity contribution is 6.30. The van der Waals surface area contributed by atoms with E-state index in [-0.39, 0.29) is 18.2 Å². The first-order chi connectivity index (χ1) is 15.9. The average molecular weight is 465 g/mol. The zero-order valence-corrected chi connectivity index (χ0v) is 19.5. The smallest absolute Gasteiger partial charge is 0.232 e. The summed E-state index contributed by atoms with van der Waals surface area (Å²) in [5.74, 6) is 0.599. The number of carbonyl (C=O) groups excluding carboxylic acids is 2. The zero-order valence-electron chi connectivity index (χ0n) is 18.7. The van der Waals surface area contributed by atoms with Gasteiger partial charge in [-0.05, 0) is 66.2 Å². The summed E-state index contributed by atoms with van der Waals surface area (Å²) < 4.78 is 10.5. The summed E-state index contributed by atoms with van der Waals surface area (Å²) in [6.45, 7) is 0. The van der Waals surface area contributed by atoms with Crippen LogP contribution in [0.4, 0.5) is 11.4 Å². The van der Waals surface area contributed by atoms with Gasteiger partial charge in [-0.1, -0.05) is 23.7 Å². The second-order valence-electron chi connectivity index (χ2n) is 7.86. The molecule has 2 atom stereocenters. The summed E-state index contributed by atoms with van der Waals surface area (Å²) in [4.78, 5) is 30.2. The number of carbonyl (C=O) groups is 2. The Morgan fingerprint density at radius 2 is 1.45 bits per heavy atom. The lowest BCUT2D eigenvalue weighted by Gasteiger charge is -2.30. The standard InChI is InChI=1S/C26H25ClN2O4/c1-28(19-8-6-18(27)7-9-19)26(31)23-16-24(30)29(20-10-14-22(33-3)15-11-20)25(23)17-4-12-21(32-2)13-5-17/h4-15,23,25H,16H2,1-3H3/t23-,25-/m1/s1. The van der Waals surface area contributed by atoms with E-state index < -0.39 is 12.0 Å². The van der Waals surface area contributed by atoms with Gasteiger partial charge >= 0.3 is 0 Å². The van der Waals surface area contributed by atoms with Crippen LogP contribution in [0.2, 0.25) is 5.02 Å². The molecule has 1 fully saturated rings. The Morgan fingerprint density at radius 3 is 2.00 bits per heavy atom. The molecule has 1 aliphatic rings. The fourth-order valence-electron chi connectivity index (χ4n) is 4.23. The molecule has 0 spiro atoms. The van der Waals surface area contributed by atoms with Crippen LogP contribution in [-0.2, 0) is 9.59 Å². The average Bonchev–Trinajstić information content (AvgIpc) is 3.20. The molecule has 0 unspecified atom stereocenters. The lowest BCUT2D eigenvalue weighted by molar-refractivity contribution is -0.124. The van der Waals surface area contributed by atoms with Gasteiger partial charge in [0.2, 0.25) is 11.8 Å². The van der Waals surface area contributed by atoms with E-state index in [1.165, 1.54) is 0 Å². The predicted octanol–water partition coefficient (Wildman–Crippen LogP) is 5.11.